The molecule has 0 heterocycles. The van der Waals surface area contributed by atoms with E-state index in [0.29, 0.717) is 11.7 Å². The van der Waals surface area contributed by atoms with Gasteiger partial charge in [0, 0.05) is 22.5 Å². The summed E-state index contributed by atoms with van der Waals surface area (Å²) in [6, 6.07) is 0. The lowest BCUT2D eigenvalue weighted by Crippen LogP contribution is -2.40. The third-order valence-corrected chi connectivity index (χ3v) is 6.51. The third kappa shape index (κ3) is 1.01. The Balaban J connectivity index is 2.45. The zero-order valence-corrected chi connectivity index (χ0v) is 10.9. The molecular weight excluding hydrogens is 296 g/mol. The van der Waals surface area contributed by atoms with Gasteiger partial charge in [-0.2, -0.15) is 0 Å². The highest BCUT2D eigenvalue weighted by molar-refractivity contribution is 9.09. The van der Waals surface area contributed by atoms with Crippen molar-refractivity contribution in [1.82, 2.24) is 0 Å². The van der Waals surface area contributed by atoms with Gasteiger partial charge < -0.3 is 0 Å². The van der Waals surface area contributed by atoms with Crippen LogP contribution in [0, 0.1) is 16.7 Å². The maximum atomic E-state index is 11.9. The minimum atomic E-state index is -0.0544. The minimum Gasteiger partial charge on any atom is -0.299 e. The molecule has 0 aliphatic heterocycles. The second kappa shape index (κ2) is 3.06. The molecule has 74 valence electrons. The number of hydrogen-bond acceptors (Lipinski definition) is 1. The molecule has 3 heteroatoms. The average molecular weight is 310 g/mol. The van der Waals surface area contributed by atoms with Gasteiger partial charge in [0.05, 0.1) is 0 Å². The second-order valence-electron chi connectivity index (χ2n) is 4.63. The van der Waals surface area contributed by atoms with Gasteiger partial charge in [-0.3, -0.25) is 4.79 Å². The van der Waals surface area contributed by atoms with Gasteiger partial charge in [-0.15, -0.1) is 0 Å². The molecule has 2 aliphatic rings. The van der Waals surface area contributed by atoms with Crippen LogP contribution in [0.1, 0.15) is 26.2 Å². The van der Waals surface area contributed by atoms with Crippen molar-refractivity contribution in [3.05, 3.63) is 0 Å². The molecular formula is C10H14Br2O. The smallest absolute Gasteiger partial charge is 0.140 e. The molecule has 1 unspecified atom stereocenters. The first-order valence-electron chi connectivity index (χ1n) is 4.76. The molecule has 3 atom stereocenters. The number of carbonyl (C=O) groups excluding carboxylic acids is 1. The number of carbonyl (C=O) groups is 1. The van der Waals surface area contributed by atoms with Crippen molar-refractivity contribution >= 4 is 37.6 Å². The van der Waals surface area contributed by atoms with E-state index in [1.807, 2.05) is 0 Å². The van der Waals surface area contributed by atoms with Crippen LogP contribution in [0.2, 0.25) is 0 Å². The second-order valence-corrected chi connectivity index (χ2v) is 5.75. The standard InChI is InChI=1S/C10H14Br2O/c1-9(5-11)7-2-3-10(9,6-12)8(13)4-7/h7H,2-6H2,1H3/t7?,9-,10+/m0/s1. The highest BCUT2D eigenvalue weighted by Crippen LogP contribution is 2.65. The first-order chi connectivity index (χ1) is 6.10. The van der Waals surface area contributed by atoms with Crippen molar-refractivity contribution in [3.63, 3.8) is 0 Å². The number of hydrogen-bond donors (Lipinski definition) is 0. The molecule has 0 amide bonds. The number of rotatable bonds is 2. The van der Waals surface area contributed by atoms with E-state index in [4.69, 9.17) is 0 Å². The summed E-state index contributed by atoms with van der Waals surface area (Å²) in [6.45, 7) is 2.27. The first-order valence-corrected chi connectivity index (χ1v) is 7.00. The van der Waals surface area contributed by atoms with Gasteiger partial charge in [-0.25, -0.2) is 0 Å². The Kier molecular flexibility index (Phi) is 2.39. The van der Waals surface area contributed by atoms with Gasteiger partial charge >= 0.3 is 0 Å². The zero-order valence-electron chi connectivity index (χ0n) is 7.78. The fraction of sp³-hybridized carbons (Fsp3) is 0.900. The molecule has 2 bridgehead atoms. The molecule has 0 saturated heterocycles. The largest absolute Gasteiger partial charge is 0.299 e. The van der Waals surface area contributed by atoms with Gasteiger partial charge in [0.25, 0.3) is 0 Å². The quantitative estimate of drug-likeness (QED) is 0.716. The van der Waals surface area contributed by atoms with E-state index in [0.717, 1.165) is 23.5 Å². The van der Waals surface area contributed by atoms with E-state index < -0.39 is 0 Å². The van der Waals surface area contributed by atoms with Crippen LogP contribution in [0.4, 0.5) is 0 Å². The fourth-order valence-electron chi connectivity index (χ4n) is 3.15. The number of alkyl halides is 2. The van der Waals surface area contributed by atoms with Crippen molar-refractivity contribution in [1.29, 1.82) is 0 Å². The van der Waals surface area contributed by atoms with Crippen LogP contribution in [-0.2, 0) is 4.79 Å². The number of halogens is 2. The van der Waals surface area contributed by atoms with Gasteiger partial charge in [0.2, 0.25) is 0 Å². The highest BCUT2D eigenvalue weighted by Gasteiger charge is 2.65. The summed E-state index contributed by atoms with van der Waals surface area (Å²) in [5, 5.41) is 1.80. The van der Waals surface area contributed by atoms with Crippen molar-refractivity contribution in [2.45, 2.75) is 26.2 Å². The summed E-state index contributed by atoms with van der Waals surface area (Å²) in [4.78, 5) is 11.9. The molecule has 1 nitrogen and oxygen atoms in total. The Hall–Kier alpha value is 0.630. The topological polar surface area (TPSA) is 17.1 Å². The Bertz CT molecular complexity index is 253. The predicted molar refractivity (Wildman–Crippen MR) is 60.5 cm³/mol. The number of ketones is 1. The van der Waals surface area contributed by atoms with Gasteiger partial charge in [0.15, 0.2) is 0 Å². The monoisotopic (exact) mass is 308 g/mol. The van der Waals surface area contributed by atoms with Crippen LogP contribution in [0.15, 0.2) is 0 Å². The SMILES string of the molecule is C[C@]1(CBr)C2CC[C@@]1(CBr)C(=O)C2. The molecule has 2 rings (SSSR count). The van der Waals surface area contributed by atoms with Crippen molar-refractivity contribution in [2.24, 2.45) is 16.7 Å². The maximum Gasteiger partial charge on any atom is 0.140 e. The lowest BCUT2D eigenvalue weighted by molar-refractivity contribution is -0.127. The van der Waals surface area contributed by atoms with Crippen LogP contribution >= 0.6 is 31.9 Å². The summed E-state index contributed by atoms with van der Waals surface area (Å²) in [5.41, 5.74) is 0.148. The molecule has 0 spiro atoms. The lowest BCUT2D eigenvalue weighted by Gasteiger charge is -2.36. The van der Waals surface area contributed by atoms with E-state index >= 15 is 0 Å². The Morgan fingerprint density at radius 3 is 2.54 bits per heavy atom. The Morgan fingerprint density at radius 1 is 1.46 bits per heavy atom. The van der Waals surface area contributed by atoms with Crippen molar-refractivity contribution in [2.75, 3.05) is 10.7 Å². The van der Waals surface area contributed by atoms with Crippen LogP contribution in [0.25, 0.3) is 0 Å². The average Bonchev–Trinajstić information content (AvgIpc) is 2.53. The minimum absolute atomic E-state index is 0.0544. The molecule has 0 radical (unpaired) electrons. The Morgan fingerprint density at radius 2 is 2.15 bits per heavy atom. The molecule has 0 aromatic rings. The summed E-state index contributed by atoms with van der Waals surface area (Å²) in [7, 11) is 0. The van der Waals surface area contributed by atoms with E-state index in [-0.39, 0.29) is 10.8 Å². The molecule has 2 fully saturated rings. The van der Waals surface area contributed by atoms with Crippen molar-refractivity contribution in [3.8, 4) is 0 Å². The molecule has 13 heavy (non-hydrogen) atoms. The van der Waals surface area contributed by atoms with Crippen LogP contribution in [-0.4, -0.2) is 16.4 Å². The van der Waals surface area contributed by atoms with Gasteiger partial charge in [-0.1, -0.05) is 38.8 Å². The maximum absolute atomic E-state index is 11.9. The number of fused-ring (bicyclic) bond motifs is 2. The fourth-order valence-corrected chi connectivity index (χ4v) is 5.38. The zero-order chi connectivity index (χ0) is 9.69. The lowest BCUT2D eigenvalue weighted by atomic mass is 9.70. The Labute approximate surface area is 95.9 Å². The molecule has 0 aromatic carbocycles. The first kappa shape index (κ1) is 10.2. The summed E-state index contributed by atoms with van der Waals surface area (Å²) < 4.78 is 0. The van der Waals surface area contributed by atoms with Gasteiger partial charge in [0.1, 0.15) is 5.78 Å². The molecule has 0 aromatic heterocycles. The predicted octanol–water partition coefficient (Wildman–Crippen LogP) is 3.15. The molecule has 0 N–H and O–H groups in total. The normalized spacial score (nSPS) is 48.8. The van der Waals surface area contributed by atoms with Crippen molar-refractivity contribution < 1.29 is 4.79 Å². The van der Waals surface area contributed by atoms with E-state index in [9.17, 15) is 4.79 Å². The van der Waals surface area contributed by atoms with E-state index in [2.05, 4.69) is 38.8 Å². The van der Waals surface area contributed by atoms with E-state index in [1.165, 1.54) is 6.42 Å². The van der Waals surface area contributed by atoms with E-state index in [1.54, 1.807) is 0 Å². The molecule has 2 saturated carbocycles. The summed E-state index contributed by atoms with van der Waals surface area (Å²) in [5.74, 6) is 1.11. The van der Waals surface area contributed by atoms with Gasteiger partial charge in [-0.05, 0) is 24.2 Å². The number of Topliss-reactive ketones (excluding diaryl/α,β-unsaturated/α-hetero) is 1. The van der Waals surface area contributed by atoms with Crippen LogP contribution in [0.3, 0.4) is 0 Å². The van der Waals surface area contributed by atoms with Crippen LogP contribution in [0.5, 0.6) is 0 Å². The van der Waals surface area contributed by atoms with Crippen LogP contribution < -0.4 is 0 Å². The third-order valence-electron chi connectivity index (χ3n) is 4.39. The summed E-state index contributed by atoms with van der Waals surface area (Å²) in [6.07, 6.45) is 3.14. The summed E-state index contributed by atoms with van der Waals surface area (Å²) >= 11 is 7.12. The molecule has 2 aliphatic carbocycles. The highest BCUT2D eigenvalue weighted by atomic mass is 79.9.